The zero-order valence-electron chi connectivity index (χ0n) is 17.4. The molecule has 0 bridgehead atoms. The lowest BCUT2D eigenvalue weighted by atomic mass is 10.1. The predicted molar refractivity (Wildman–Crippen MR) is 134 cm³/mol. The van der Waals surface area contributed by atoms with Crippen molar-refractivity contribution < 1.29 is 4.79 Å². The van der Waals surface area contributed by atoms with E-state index in [1.807, 2.05) is 36.4 Å². The molecule has 1 amide bonds. The minimum absolute atomic E-state index is 0.156. The number of benzene rings is 3. The summed E-state index contributed by atoms with van der Waals surface area (Å²) in [5.74, 6) is -0.156. The number of hydrogen-bond acceptors (Lipinski definition) is 3. The van der Waals surface area contributed by atoms with Crippen LogP contribution in [0.3, 0.4) is 0 Å². The fourth-order valence-electron chi connectivity index (χ4n) is 3.68. The first-order valence-corrected chi connectivity index (χ1v) is 11.4. The number of fused-ring (bicyclic) bond motifs is 1. The van der Waals surface area contributed by atoms with Crippen molar-refractivity contribution in [2.24, 2.45) is 4.99 Å². The van der Waals surface area contributed by atoms with Crippen molar-refractivity contribution in [1.29, 1.82) is 0 Å². The van der Waals surface area contributed by atoms with E-state index in [2.05, 4.69) is 64.4 Å². The van der Waals surface area contributed by atoms with E-state index in [1.54, 1.807) is 6.07 Å². The van der Waals surface area contributed by atoms with Gasteiger partial charge >= 0.3 is 0 Å². The Morgan fingerprint density at radius 1 is 1.03 bits per heavy atom. The molecule has 1 aromatic heterocycles. The Hall–Kier alpha value is -3.28. The number of halogens is 1. The normalized spacial score (nSPS) is 16.2. The number of aryl methyl sites for hydroxylation is 1. The zero-order chi connectivity index (χ0) is 22.1. The van der Waals surface area contributed by atoms with Crippen LogP contribution in [0.1, 0.15) is 16.7 Å². The summed E-state index contributed by atoms with van der Waals surface area (Å²) in [6.07, 6.45) is 4.04. The van der Waals surface area contributed by atoms with E-state index < -0.39 is 0 Å². The smallest absolute Gasteiger partial charge is 0.264 e. The summed E-state index contributed by atoms with van der Waals surface area (Å²) in [5, 5.41) is 5.02. The maximum atomic E-state index is 12.6. The van der Waals surface area contributed by atoms with E-state index in [-0.39, 0.29) is 5.91 Å². The molecule has 5 rings (SSSR count). The number of nitrogens with one attached hydrogen (secondary N) is 1. The molecule has 0 spiro atoms. The first-order chi connectivity index (χ1) is 15.6. The molecule has 32 heavy (non-hydrogen) atoms. The first-order valence-electron chi connectivity index (χ1n) is 10.2. The Morgan fingerprint density at radius 3 is 2.59 bits per heavy atom. The third-order valence-corrected chi connectivity index (χ3v) is 6.53. The average molecular weight is 458 g/mol. The van der Waals surface area contributed by atoms with Crippen LogP contribution in [0.2, 0.25) is 5.02 Å². The van der Waals surface area contributed by atoms with Gasteiger partial charge in [-0.1, -0.05) is 71.8 Å². The van der Waals surface area contributed by atoms with Crippen molar-refractivity contribution in [3.05, 3.63) is 106 Å². The number of aliphatic imine (C=N–C) groups is 1. The van der Waals surface area contributed by atoms with Crippen LogP contribution in [0.25, 0.3) is 17.0 Å². The quantitative estimate of drug-likeness (QED) is 0.353. The van der Waals surface area contributed by atoms with Crippen LogP contribution in [-0.2, 0) is 11.3 Å². The van der Waals surface area contributed by atoms with Crippen LogP contribution < -0.4 is 5.32 Å². The van der Waals surface area contributed by atoms with Crippen LogP contribution in [0.15, 0.2) is 88.9 Å². The zero-order valence-corrected chi connectivity index (χ0v) is 19.0. The largest absolute Gasteiger partial charge is 0.342 e. The molecule has 3 aromatic carbocycles. The number of hydrogen-bond donors (Lipinski definition) is 1. The molecule has 0 unspecified atom stereocenters. The van der Waals surface area contributed by atoms with E-state index in [0.29, 0.717) is 20.8 Å². The SMILES string of the molecule is Cc1ccc(Cn2cc(/C=C3/SC(=Nc4ccccc4Cl)NC3=O)c3ccccc32)cc1. The highest BCUT2D eigenvalue weighted by Crippen LogP contribution is 2.32. The summed E-state index contributed by atoms with van der Waals surface area (Å²) in [6.45, 7) is 2.86. The molecular weight excluding hydrogens is 438 g/mol. The molecule has 2 heterocycles. The summed E-state index contributed by atoms with van der Waals surface area (Å²) < 4.78 is 2.22. The van der Waals surface area contributed by atoms with E-state index in [1.165, 1.54) is 22.9 Å². The van der Waals surface area contributed by atoms with Crippen molar-refractivity contribution in [1.82, 2.24) is 9.88 Å². The van der Waals surface area contributed by atoms with Gasteiger partial charge in [0.2, 0.25) is 0 Å². The molecule has 1 N–H and O–H groups in total. The Balaban J connectivity index is 1.48. The maximum Gasteiger partial charge on any atom is 0.264 e. The molecular formula is C26H20ClN3OS. The number of amidine groups is 1. The Kier molecular flexibility index (Phi) is 5.60. The third-order valence-electron chi connectivity index (χ3n) is 5.30. The molecule has 0 saturated carbocycles. The minimum atomic E-state index is -0.156. The van der Waals surface area contributed by atoms with E-state index >= 15 is 0 Å². The van der Waals surface area contributed by atoms with Gasteiger partial charge in [-0.25, -0.2) is 4.99 Å². The van der Waals surface area contributed by atoms with Gasteiger partial charge in [-0.15, -0.1) is 0 Å². The van der Waals surface area contributed by atoms with Gasteiger partial charge in [-0.2, -0.15) is 0 Å². The number of carbonyl (C=O) groups is 1. The van der Waals surface area contributed by atoms with Crippen molar-refractivity contribution in [3.63, 3.8) is 0 Å². The van der Waals surface area contributed by atoms with E-state index in [9.17, 15) is 4.79 Å². The monoisotopic (exact) mass is 457 g/mol. The molecule has 0 aliphatic carbocycles. The molecule has 1 aliphatic rings. The van der Waals surface area contributed by atoms with Crippen molar-refractivity contribution >= 4 is 57.1 Å². The molecule has 0 radical (unpaired) electrons. The molecule has 4 aromatic rings. The highest BCUT2D eigenvalue weighted by atomic mass is 35.5. The summed E-state index contributed by atoms with van der Waals surface area (Å²) in [7, 11) is 0. The topological polar surface area (TPSA) is 46.4 Å². The second-order valence-corrected chi connectivity index (χ2v) is 9.09. The van der Waals surface area contributed by atoms with E-state index in [4.69, 9.17) is 11.6 Å². The van der Waals surface area contributed by atoms with Crippen molar-refractivity contribution in [3.8, 4) is 0 Å². The minimum Gasteiger partial charge on any atom is -0.342 e. The second-order valence-electron chi connectivity index (χ2n) is 7.65. The number of aromatic nitrogens is 1. The van der Waals surface area contributed by atoms with Crippen molar-refractivity contribution in [2.75, 3.05) is 0 Å². The molecule has 1 fully saturated rings. The molecule has 1 saturated heterocycles. The van der Waals surface area contributed by atoms with Gasteiger partial charge < -0.3 is 9.88 Å². The van der Waals surface area contributed by atoms with Crippen LogP contribution in [-0.4, -0.2) is 15.6 Å². The lowest BCUT2D eigenvalue weighted by molar-refractivity contribution is -0.115. The summed E-state index contributed by atoms with van der Waals surface area (Å²) >= 11 is 7.53. The number of para-hydroxylation sites is 2. The average Bonchev–Trinajstić information content (AvgIpc) is 3.31. The van der Waals surface area contributed by atoms with Gasteiger partial charge in [0.1, 0.15) is 0 Å². The third kappa shape index (κ3) is 4.22. The fourth-order valence-corrected chi connectivity index (χ4v) is 4.69. The highest BCUT2D eigenvalue weighted by molar-refractivity contribution is 8.18. The van der Waals surface area contributed by atoms with Crippen LogP contribution in [0, 0.1) is 6.92 Å². The molecule has 1 aliphatic heterocycles. The summed E-state index contributed by atoms with van der Waals surface area (Å²) in [4.78, 5) is 17.7. The van der Waals surface area contributed by atoms with Gasteiger partial charge in [0.05, 0.1) is 15.6 Å². The Bertz CT molecular complexity index is 1390. The first kappa shape index (κ1) is 20.6. The number of carbonyl (C=O) groups excluding carboxylic acids is 1. The van der Waals surface area contributed by atoms with E-state index in [0.717, 1.165) is 23.0 Å². The van der Waals surface area contributed by atoms with Gasteiger partial charge in [-0.05, 0) is 48.5 Å². The molecule has 6 heteroatoms. The Labute approximate surface area is 195 Å². The summed E-state index contributed by atoms with van der Waals surface area (Å²) in [6, 6.07) is 24.1. The lowest BCUT2D eigenvalue weighted by Gasteiger charge is -2.06. The molecule has 4 nitrogen and oxygen atoms in total. The standard InChI is InChI=1S/C26H20ClN3OS/c1-17-10-12-18(13-11-17)15-30-16-19(20-6-2-5-9-23(20)30)14-24-25(31)29-26(32-24)28-22-8-4-3-7-21(22)27/h2-14,16H,15H2,1H3,(H,28,29,31)/b24-14+. The lowest BCUT2D eigenvalue weighted by Crippen LogP contribution is -2.19. The highest BCUT2D eigenvalue weighted by Gasteiger charge is 2.24. The number of nitrogens with zero attached hydrogens (tertiary/aromatic N) is 2. The number of thioether (sulfide) groups is 1. The van der Waals surface area contributed by atoms with Gasteiger partial charge in [-0.3, -0.25) is 4.79 Å². The van der Waals surface area contributed by atoms with Gasteiger partial charge in [0.15, 0.2) is 5.17 Å². The fraction of sp³-hybridized carbons (Fsp3) is 0.0769. The summed E-state index contributed by atoms with van der Waals surface area (Å²) in [5.41, 5.74) is 5.25. The maximum absolute atomic E-state index is 12.6. The van der Waals surface area contributed by atoms with Gasteiger partial charge in [0, 0.05) is 29.2 Å². The van der Waals surface area contributed by atoms with Crippen LogP contribution >= 0.6 is 23.4 Å². The van der Waals surface area contributed by atoms with Gasteiger partial charge in [0.25, 0.3) is 5.91 Å². The Morgan fingerprint density at radius 2 is 1.78 bits per heavy atom. The predicted octanol–water partition coefficient (Wildman–Crippen LogP) is 6.54. The molecule has 158 valence electrons. The second kappa shape index (κ2) is 8.69. The molecule has 0 atom stereocenters. The van der Waals surface area contributed by atoms with Crippen molar-refractivity contribution in [2.45, 2.75) is 13.5 Å². The number of rotatable bonds is 4. The number of amides is 1. The van der Waals surface area contributed by atoms with Crippen LogP contribution in [0.5, 0.6) is 0 Å². The van der Waals surface area contributed by atoms with Crippen LogP contribution in [0.4, 0.5) is 5.69 Å².